The number of hydrogen-bond acceptors (Lipinski definition) is 4. The standard InChI is InChI=1S/C16H28N2O2/c1-16(2,20)13-18(4)12-15(19)11-17(3)10-14-8-6-5-7-9-14/h5-9,15,19-20H,10-13H2,1-4H3. The molecule has 0 bridgehead atoms. The van der Waals surface area contributed by atoms with E-state index >= 15 is 0 Å². The van der Waals surface area contributed by atoms with Crippen LogP contribution in [0.3, 0.4) is 0 Å². The van der Waals surface area contributed by atoms with Crippen LogP contribution in [0.5, 0.6) is 0 Å². The molecule has 0 aliphatic heterocycles. The maximum atomic E-state index is 10.1. The Bertz CT molecular complexity index is 376. The van der Waals surface area contributed by atoms with E-state index < -0.39 is 11.7 Å². The predicted octanol–water partition coefficient (Wildman–Crippen LogP) is 1.18. The zero-order chi connectivity index (χ0) is 15.2. The molecule has 1 rings (SSSR count). The van der Waals surface area contributed by atoms with E-state index in [0.717, 1.165) is 6.54 Å². The van der Waals surface area contributed by atoms with Crippen molar-refractivity contribution in [3.05, 3.63) is 35.9 Å². The lowest BCUT2D eigenvalue weighted by Gasteiger charge is -2.28. The van der Waals surface area contributed by atoms with Gasteiger partial charge in [0.1, 0.15) is 0 Å². The first-order valence-corrected chi connectivity index (χ1v) is 7.08. The first-order chi connectivity index (χ1) is 9.26. The van der Waals surface area contributed by atoms with Gasteiger partial charge in [0, 0.05) is 26.2 Å². The molecule has 0 aliphatic rings. The zero-order valence-corrected chi connectivity index (χ0v) is 13.1. The quantitative estimate of drug-likeness (QED) is 0.751. The Morgan fingerprint density at radius 2 is 1.60 bits per heavy atom. The van der Waals surface area contributed by atoms with Crippen molar-refractivity contribution < 1.29 is 10.2 Å². The Morgan fingerprint density at radius 3 is 2.15 bits per heavy atom. The Morgan fingerprint density at radius 1 is 1.05 bits per heavy atom. The van der Waals surface area contributed by atoms with Gasteiger partial charge >= 0.3 is 0 Å². The van der Waals surface area contributed by atoms with Gasteiger partial charge in [0.2, 0.25) is 0 Å². The molecule has 2 N–H and O–H groups in total. The van der Waals surface area contributed by atoms with Crippen molar-refractivity contribution in [2.75, 3.05) is 33.7 Å². The normalized spacial score (nSPS) is 14.0. The first kappa shape index (κ1) is 17.1. The van der Waals surface area contributed by atoms with Crippen LogP contribution in [0.1, 0.15) is 19.4 Å². The summed E-state index contributed by atoms with van der Waals surface area (Å²) in [6.07, 6.45) is -0.420. The number of likely N-dealkylation sites (N-methyl/N-ethyl adjacent to an activating group) is 2. The minimum absolute atomic E-state index is 0.420. The van der Waals surface area contributed by atoms with Gasteiger partial charge in [-0.15, -0.1) is 0 Å². The third-order valence-electron chi connectivity index (χ3n) is 3.00. The molecule has 0 amide bonds. The van der Waals surface area contributed by atoms with Crippen molar-refractivity contribution in [3.8, 4) is 0 Å². The molecule has 4 heteroatoms. The Kier molecular flexibility index (Phi) is 6.62. The van der Waals surface area contributed by atoms with Crippen molar-refractivity contribution in [1.82, 2.24) is 9.80 Å². The van der Waals surface area contributed by atoms with Crippen LogP contribution in [0, 0.1) is 0 Å². The van der Waals surface area contributed by atoms with Crippen LogP contribution < -0.4 is 0 Å². The summed E-state index contributed by atoms with van der Waals surface area (Å²) in [4.78, 5) is 4.07. The summed E-state index contributed by atoms with van der Waals surface area (Å²) in [6, 6.07) is 10.2. The minimum Gasteiger partial charge on any atom is -0.390 e. The summed E-state index contributed by atoms with van der Waals surface area (Å²) in [5.41, 5.74) is 0.511. The molecule has 114 valence electrons. The summed E-state index contributed by atoms with van der Waals surface area (Å²) in [6.45, 7) is 6.10. The monoisotopic (exact) mass is 280 g/mol. The van der Waals surface area contributed by atoms with Crippen LogP contribution in [0.15, 0.2) is 30.3 Å². The molecule has 1 aromatic rings. The van der Waals surface area contributed by atoms with Crippen LogP contribution in [0.4, 0.5) is 0 Å². The number of aliphatic hydroxyl groups is 2. The second-order valence-corrected chi connectivity index (χ2v) is 6.35. The fourth-order valence-corrected chi connectivity index (χ4v) is 2.46. The van der Waals surface area contributed by atoms with E-state index in [9.17, 15) is 10.2 Å². The fourth-order valence-electron chi connectivity index (χ4n) is 2.46. The average Bonchev–Trinajstić information content (AvgIpc) is 2.26. The predicted molar refractivity (Wildman–Crippen MR) is 82.6 cm³/mol. The van der Waals surface area contributed by atoms with Crippen LogP contribution in [0.25, 0.3) is 0 Å². The van der Waals surface area contributed by atoms with Crippen molar-refractivity contribution in [2.45, 2.75) is 32.1 Å². The largest absolute Gasteiger partial charge is 0.390 e. The second-order valence-electron chi connectivity index (χ2n) is 6.35. The SMILES string of the molecule is CN(Cc1ccccc1)CC(O)CN(C)CC(C)(C)O. The van der Waals surface area contributed by atoms with Gasteiger partial charge in [-0.1, -0.05) is 30.3 Å². The van der Waals surface area contributed by atoms with Crippen LogP contribution >= 0.6 is 0 Å². The van der Waals surface area contributed by atoms with Gasteiger partial charge in [-0.2, -0.15) is 0 Å². The third kappa shape index (κ3) is 7.60. The molecule has 4 nitrogen and oxygen atoms in total. The van der Waals surface area contributed by atoms with Crippen LogP contribution in [0.2, 0.25) is 0 Å². The summed E-state index contributed by atoms with van der Waals surface area (Å²) in [5.74, 6) is 0. The van der Waals surface area contributed by atoms with E-state index in [-0.39, 0.29) is 0 Å². The first-order valence-electron chi connectivity index (χ1n) is 7.08. The highest BCUT2D eigenvalue weighted by Gasteiger charge is 2.18. The minimum atomic E-state index is -0.732. The lowest BCUT2D eigenvalue weighted by Crippen LogP contribution is -2.42. The molecule has 1 unspecified atom stereocenters. The van der Waals surface area contributed by atoms with Gasteiger partial charge < -0.3 is 15.1 Å². The highest BCUT2D eigenvalue weighted by Crippen LogP contribution is 2.06. The summed E-state index contributed by atoms with van der Waals surface area (Å²) in [5, 5.41) is 19.8. The second kappa shape index (κ2) is 7.74. The van der Waals surface area contributed by atoms with Crippen LogP contribution in [-0.4, -0.2) is 65.4 Å². The molecule has 0 saturated heterocycles. The van der Waals surface area contributed by atoms with Gasteiger partial charge in [0.15, 0.2) is 0 Å². The van der Waals surface area contributed by atoms with E-state index in [1.165, 1.54) is 5.56 Å². The lowest BCUT2D eigenvalue weighted by molar-refractivity contribution is 0.0229. The van der Waals surface area contributed by atoms with Crippen molar-refractivity contribution >= 4 is 0 Å². The number of hydrogen-bond donors (Lipinski definition) is 2. The molecule has 0 aliphatic carbocycles. The van der Waals surface area contributed by atoms with E-state index in [1.807, 2.05) is 37.2 Å². The molecule has 0 aromatic heterocycles. The molecule has 1 atom stereocenters. The van der Waals surface area contributed by atoms with E-state index in [4.69, 9.17) is 0 Å². The Hall–Kier alpha value is -0.940. The molecular weight excluding hydrogens is 252 g/mol. The molecule has 0 fully saturated rings. The van der Waals surface area contributed by atoms with Gasteiger partial charge in [-0.25, -0.2) is 0 Å². The van der Waals surface area contributed by atoms with Crippen molar-refractivity contribution in [2.24, 2.45) is 0 Å². The number of nitrogens with zero attached hydrogens (tertiary/aromatic N) is 2. The molecule has 0 spiro atoms. The molecular formula is C16H28N2O2. The highest BCUT2D eigenvalue weighted by atomic mass is 16.3. The number of benzene rings is 1. The number of aliphatic hydroxyl groups excluding tert-OH is 1. The molecule has 0 radical (unpaired) electrons. The molecule has 20 heavy (non-hydrogen) atoms. The average molecular weight is 280 g/mol. The van der Waals surface area contributed by atoms with Crippen molar-refractivity contribution in [1.29, 1.82) is 0 Å². The van der Waals surface area contributed by atoms with Crippen LogP contribution in [-0.2, 0) is 6.54 Å². The summed E-state index contributed by atoms with van der Waals surface area (Å²) >= 11 is 0. The molecule has 0 saturated carbocycles. The maximum absolute atomic E-state index is 10.1. The highest BCUT2D eigenvalue weighted by molar-refractivity contribution is 5.14. The lowest BCUT2D eigenvalue weighted by atomic mass is 10.1. The number of rotatable bonds is 8. The molecule has 1 aromatic carbocycles. The van der Waals surface area contributed by atoms with E-state index in [1.54, 1.807) is 13.8 Å². The Labute approximate surface area is 122 Å². The molecule has 0 heterocycles. The van der Waals surface area contributed by atoms with Gasteiger partial charge in [0.25, 0.3) is 0 Å². The van der Waals surface area contributed by atoms with Crippen molar-refractivity contribution in [3.63, 3.8) is 0 Å². The summed E-state index contributed by atoms with van der Waals surface area (Å²) in [7, 11) is 3.92. The Balaban J connectivity index is 2.32. The van der Waals surface area contributed by atoms with Gasteiger partial charge in [-0.3, -0.25) is 4.90 Å². The topological polar surface area (TPSA) is 46.9 Å². The van der Waals surface area contributed by atoms with E-state index in [0.29, 0.717) is 19.6 Å². The van der Waals surface area contributed by atoms with Gasteiger partial charge in [0.05, 0.1) is 11.7 Å². The van der Waals surface area contributed by atoms with Gasteiger partial charge in [-0.05, 0) is 33.5 Å². The smallest absolute Gasteiger partial charge is 0.0793 e. The summed E-state index contributed by atoms with van der Waals surface area (Å²) < 4.78 is 0. The maximum Gasteiger partial charge on any atom is 0.0793 e. The zero-order valence-electron chi connectivity index (χ0n) is 13.1. The van der Waals surface area contributed by atoms with E-state index in [2.05, 4.69) is 17.0 Å². The fraction of sp³-hybridized carbons (Fsp3) is 0.625. The third-order valence-corrected chi connectivity index (χ3v) is 3.00.